The Morgan fingerprint density at radius 1 is 1.17 bits per heavy atom. The number of amides is 1. The fourth-order valence-corrected chi connectivity index (χ4v) is 4.55. The number of anilines is 1. The standard InChI is InChI=1S/C22H19ClN2O4S/c1-13-7-15(23)10-19-20(13)24-22(30-19)25(12-16-5-4-6-29-16)21(26)14-8-17(27-2)11-18(9-14)28-3/h4-11H,12H2,1-3H3. The van der Waals surface area contributed by atoms with Crippen molar-refractivity contribution in [3.8, 4) is 11.5 Å². The smallest absolute Gasteiger partial charge is 0.260 e. The molecule has 0 unspecified atom stereocenters. The van der Waals surface area contributed by atoms with Crippen LogP contribution in [0.15, 0.2) is 53.1 Å². The van der Waals surface area contributed by atoms with Crippen LogP contribution in [-0.2, 0) is 6.54 Å². The molecule has 2 heterocycles. The lowest BCUT2D eigenvalue weighted by Crippen LogP contribution is -2.30. The molecule has 0 atom stereocenters. The van der Waals surface area contributed by atoms with E-state index in [1.165, 1.54) is 11.3 Å². The van der Waals surface area contributed by atoms with Gasteiger partial charge in [-0.05, 0) is 48.9 Å². The van der Waals surface area contributed by atoms with Crippen LogP contribution < -0.4 is 14.4 Å². The number of thiazole rings is 1. The van der Waals surface area contributed by atoms with Gasteiger partial charge in [0, 0.05) is 16.7 Å². The summed E-state index contributed by atoms with van der Waals surface area (Å²) in [6.07, 6.45) is 1.58. The van der Waals surface area contributed by atoms with Crippen molar-refractivity contribution in [2.45, 2.75) is 13.5 Å². The lowest BCUT2D eigenvalue weighted by Gasteiger charge is -2.19. The molecule has 0 aliphatic heterocycles. The predicted octanol–water partition coefficient (Wildman–Crippen LogP) is 5.72. The van der Waals surface area contributed by atoms with Crippen molar-refractivity contribution in [1.29, 1.82) is 0 Å². The number of carbonyl (C=O) groups is 1. The lowest BCUT2D eigenvalue weighted by molar-refractivity contribution is 0.0982. The topological polar surface area (TPSA) is 64.8 Å². The molecule has 0 bridgehead atoms. The van der Waals surface area contributed by atoms with Crippen molar-refractivity contribution in [1.82, 2.24) is 4.98 Å². The summed E-state index contributed by atoms with van der Waals surface area (Å²) in [5.74, 6) is 1.46. The summed E-state index contributed by atoms with van der Waals surface area (Å²) in [7, 11) is 3.09. The number of benzene rings is 2. The van der Waals surface area contributed by atoms with E-state index in [2.05, 4.69) is 0 Å². The molecule has 0 fully saturated rings. The van der Waals surface area contributed by atoms with Gasteiger partial charge in [-0.1, -0.05) is 22.9 Å². The van der Waals surface area contributed by atoms with Gasteiger partial charge in [-0.25, -0.2) is 4.98 Å². The number of aryl methyl sites for hydroxylation is 1. The van der Waals surface area contributed by atoms with Crippen LogP contribution >= 0.6 is 22.9 Å². The van der Waals surface area contributed by atoms with E-state index in [0.29, 0.717) is 33.0 Å². The predicted molar refractivity (Wildman–Crippen MR) is 118 cm³/mol. The number of nitrogens with zero attached hydrogens (tertiary/aromatic N) is 2. The second kappa shape index (κ2) is 8.38. The summed E-state index contributed by atoms with van der Waals surface area (Å²) < 4.78 is 17.0. The molecule has 0 aliphatic carbocycles. The van der Waals surface area contributed by atoms with Gasteiger partial charge in [0.05, 0.1) is 37.2 Å². The van der Waals surface area contributed by atoms with Crippen LogP contribution in [0, 0.1) is 6.92 Å². The second-order valence-electron chi connectivity index (χ2n) is 6.64. The maximum absolute atomic E-state index is 13.6. The fraction of sp³-hybridized carbons (Fsp3) is 0.182. The SMILES string of the molecule is COc1cc(OC)cc(C(=O)N(Cc2ccco2)c2nc3c(C)cc(Cl)cc3s2)c1. The monoisotopic (exact) mass is 442 g/mol. The lowest BCUT2D eigenvalue weighted by atomic mass is 10.1. The Hall–Kier alpha value is -3.03. The van der Waals surface area contributed by atoms with Crippen LogP contribution in [0.25, 0.3) is 10.2 Å². The van der Waals surface area contributed by atoms with Crippen LogP contribution in [0.5, 0.6) is 11.5 Å². The van der Waals surface area contributed by atoms with E-state index in [4.69, 9.17) is 30.5 Å². The van der Waals surface area contributed by atoms with Crippen molar-refractivity contribution < 1.29 is 18.7 Å². The third kappa shape index (κ3) is 3.99. The molecule has 154 valence electrons. The van der Waals surface area contributed by atoms with E-state index >= 15 is 0 Å². The third-order valence-corrected chi connectivity index (χ3v) is 5.85. The molecule has 0 aliphatic rings. The minimum atomic E-state index is -0.244. The second-order valence-corrected chi connectivity index (χ2v) is 8.08. The quantitative estimate of drug-likeness (QED) is 0.382. The maximum Gasteiger partial charge on any atom is 0.260 e. The van der Waals surface area contributed by atoms with Gasteiger partial charge >= 0.3 is 0 Å². The first-order valence-electron chi connectivity index (χ1n) is 9.12. The molecular weight excluding hydrogens is 424 g/mol. The van der Waals surface area contributed by atoms with Gasteiger partial charge in [0.15, 0.2) is 5.13 Å². The highest BCUT2D eigenvalue weighted by Gasteiger charge is 2.24. The molecule has 30 heavy (non-hydrogen) atoms. The minimum Gasteiger partial charge on any atom is -0.497 e. The van der Waals surface area contributed by atoms with Gasteiger partial charge in [0.25, 0.3) is 5.91 Å². The van der Waals surface area contributed by atoms with Crippen LogP contribution in [0.1, 0.15) is 21.7 Å². The zero-order chi connectivity index (χ0) is 21.3. The van der Waals surface area contributed by atoms with Crippen LogP contribution in [0.3, 0.4) is 0 Å². The number of hydrogen-bond donors (Lipinski definition) is 0. The highest BCUT2D eigenvalue weighted by Crippen LogP contribution is 2.35. The number of furan rings is 1. The number of aromatic nitrogens is 1. The summed E-state index contributed by atoms with van der Waals surface area (Å²) >= 11 is 7.61. The van der Waals surface area contributed by atoms with E-state index in [9.17, 15) is 4.79 Å². The summed E-state index contributed by atoms with van der Waals surface area (Å²) in [6, 6.07) is 12.4. The molecular formula is C22H19ClN2O4S. The van der Waals surface area contributed by atoms with Crippen LogP contribution in [-0.4, -0.2) is 25.1 Å². The van der Waals surface area contributed by atoms with E-state index in [1.54, 1.807) is 49.6 Å². The number of carbonyl (C=O) groups excluding carboxylic acids is 1. The number of halogens is 1. The minimum absolute atomic E-state index is 0.234. The zero-order valence-electron chi connectivity index (χ0n) is 16.6. The van der Waals surface area contributed by atoms with Gasteiger partial charge < -0.3 is 13.9 Å². The molecule has 0 saturated heterocycles. The number of fused-ring (bicyclic) bond motifs is 1. The number of rotatable bonds is 6. The molecule has 4 rings (SSSR count). The number of hydrogen-bond acceptors (Lipinski definition) is 6. The van der Waals surface area contributed by atoms with Crippen molar-refractivity contribution in [3.63, 3.8) is 0 Å². The summed E-state index contributed by atoms with van der Waals surface area (Å²) in [6.45, 7) is 2.18. The first-order chi connectivity index (χ1) is 14.5. The van der Waals surface area contributed by atoms with Crippen molar-refractivity contribution in [2.75, 3.05) is 19.1 Å². The van der Waals surface area contributed by atoms with Gasteiger partial charge in [-0.15, -0.1) is 0 Å². The largest absolute Gasteiger partial charge is 0.497 e. The third-order valence-electron chi connectivity index (χ3n) is 4.61. The average molecular weight is 443 g/mol. The molecule has 4 aromatic rings. The molecule has 2 aromatic carbocycles. The van der Waals surface area contributed by atoms with Crippen molar-refractivity contribution in [3.05, 3.63) is 70.6 Å². The Morgan fingerprint density at radius 3 is 2.53 bits per heavy atom. The van der Waals surface area contributed by atoms with E-state index in [1.807, 2.05) is 25.1 Å². The number of ether oxygens (including phenoxy) is 2. The van der Waals surface area contributed by atoms with Crippen LogP contribution in [0.4, 0.5) is 5.13 Å². The fourth-order valence-electron chi connectivity index (χ4n) is 3.13. The summed E-state index contributed by atoms with van der Waals surface area (Å²) in [5.41, 5.74) is 2.19. The average Bonchev–Trinajstić information content (AvgIpc) is 3.40. The molecule has 1 amide bonds. The highest BCUT2D eigenvalue weighted by molar-refractivity contribution is 7.22. The highest BCUT2D eigenvalue weighted by atomic mass is 35.5. The van der Waals surface area contributed by atoms with Crippen molar-refractivity contribution in [2.24, 2.45) is 0 Å². The van der Waals surface area contributed by atoms with Crippen LogP contribution in [0.2, 0.25) is 5.02 Å². The first kappa shape index (κ1) is 20.3. The zero-order valence-corrected chi connectivity index (χ0v) is 18.2. The summed E-state index contributed by atoms with van der Waals surface area (Å²) in [5, 5.41) is 1.19. The van der Waals surface area contributed by atoms with Gasteiger partial charge in [-0.3, -0.25) is 9.69 Å². The van der Waals surface area contributed by atoms with Gasteiger partial charge in [-0.2, -0.15) is 0 Å². The normalized spacial score (nSPS) is 10.9. The Morgan fingerprint density at radius 2 is 1.90 bits per heavy atom. The molecule has 0 radical (unpaired) electrons. The molecule has 8 heteroatoms. The maximum atomic E-state index is 13.6. The van der Waals surface area contributed by atoms with Gasteiger partial charge in [0.2, 0.25) is 0 Å². The Labute approximate surface area is 182 Å². The summed E-state index contributed by atoms with van der Waals surface area (Å²) in [4.78, 5) is 19.9. The Kier molecular flexibility index (Phi) is 5.65. The molecule has 0 N–H and O–H groups in total. The van der Waals surface area contributed by atoms with Crippen molar-refractivity contribution >= 4 is 44.2 Å². The number of methoxy groups -OCH3 is 2. The Bertz CT molecular complexity index is 1180. The first-order valence-corrected chi connectivity index (χ1v) is 10.3. The Balaban J connectivity index is 1.81. The molecule has 2 aromatic heterocycles. The van der Waals surface area contributed by atoms with E-state index < -0.39 is 0 Å². The molecule has 6 nitrogen and oxygen atoms in total. The van der Waals surface area contributed by atoms with Gasteiger partial charge in [0.1, 0.15) is 17.3 Å². The van der Waals surface area contributed by atoms with E-state index in [-0.39, 0.29) is 12.5 Å². The molecule has 0 saturated carbocycles. The van der Waals surface area contributed by atoms with E-state index in [0.717, 1.165) is 15.8 Å². The molecule has 0 spiro atoms.